The quantitative estimate of drug-likeness (QED) is 0.676. The van der Waals surface area contributed by atoms with Gasteiger partial charge in [-0.05, 0) is 36.8 Å². The van der Waals surface area contributed by atoms with E-state index in [1.165, 1.54) is 12.1 Å². The van der Waals surface area contributed by atoms with Crippen LogP contribution in [0.25, 0.3) is 11.5 Å². The van der Waals surface area contributed by atoms with E-state index in [-0.39, 0.29) is 18.1 Å². The van der Waals surface area contributed by atoms with E-state index in [1.54, 1.807) is 19.1 Å². The fraction of sp³-hybridized carbons (Fsp3) is 0.150. The van der Waals surface area contributed by atoms with Gasteiger partial charge in [0.2, 0.25) is 5.89 Å². The van der Waals surface area contributed by atoms with Crippen LogP contribution < -0.4 is 5.32 Å². The molecule has 0 saturated carbocycles. The van der Waals surface area contributed by atoms with Crippen molar-refractivity contribution in [1.82, 2.24) is 10.3 Å². The van der Waals surface area contributed by atoms with Crippen LogP contribution in [-0.2, 0) is 16.1 Å². The summed E-state index contributed by atoms with van der Waals surface area (Å²) in [5.74, 6) is -0.948. The van der Waals surface area contributed by atoms with Gasteiger partial charge < -0.3 is 14.5 Å². The van der Waals surface area contributed by atoms with Crippen molar-refractivity contribution >= 4 is 11.9 Å². The Bertz CT molecular complexity index is 936. The SMILES string of the molecule is Cc1oc(-c2ccccc2)nc1C(=O)OCC(=O)NCc1ccc(F)cc1. The molecule has 3 rings (SSSR count). The number of hydrogen-bond donors (Lipinski definition) is 1. The van der Waals surface area contributed by atoms with Gasteiger partial charge in [-0.2, -0.15) is 0 Å². The summed E-state index contributed by atoms with van der Waals surface area (Å²) in [5, 5.41) is 2.59. The van der Waals surface area contributed by atoms with Crippen LogP contribution in [0, 0.1) is 12.7 Å². The third-order valence-corrected chi connectivity index (χ3v) is 3.75. The fourth-order valence-corrected chi connectivity index (χ4v) is 2.34. The Morgan fingerprint density at radius 3 is 2.52 bits per heavy atom. The number of oxazole rings is 1. The molecule has 0 spiro atoms. The highest BCUT2D eigenvalue weighted by molar-refractivity contribution is 5.90. The molecular formula is C20H17FN2O4. The number of hydrogen-bond acceptors (Lipinski definition) is 5. The van der Waals surface area contributed by atoms with E-state index < -0.39 is 18.5 Å². The highest BCUT2D eigenvalue weighted by Crippen LogP contribution is 2.21. The summed E-state index contributed by atoms with van der Waals surface area (Å²) >= 11 is 0. The first-order chi connectivity index (χ1) is 13.0. The van der Waals surface area contributed by atoms with Gasteiger partial charge in [0.05, 0.1) is 0 Å². The first kappa shape index (κ1) is 18.3. The predicted octanol–water partition coefficient (Wildman–Crippen LogP) is 3.26. The van der Waals surface area contributed by atoms with Gasteiger partial charge in [-0.15, -0.1) is 0 Å². The normalized spacial score (nSPS) is 10.4. The van der Waals surface area contributed by atoms with Crippen molar-refractivity contribution in [3.63, 3.8) is 0 Å². The predicted molar refractivity (Wildman–Crippen MR) is 95.2 cm³/mol. The lowest BCUT2D eigenvalue weighted by atomic mass is 10.2. The highest BCUT2D eigenvalue weighted by atomic mass is 19.1. The van der Waals surface area contributed by atoms with E-state index in [1.807, 2.05) is 30.3 Å². The number of rotatable bonds is 6. The molecule has 0 aliphatic carbocycles. The molecule has 0 fully saturated rings. The maximum absolute atomic E-state index is 12.8. The minimum Gasteiger partial charge on any atom is -0.451 e. The molecule has 0 atom stereocenters. The number of nitrogens with zero attached hydrogens (tertiary/aromatic N) is 1. The summed E-state index contributed by atoms with van der Waals surface area (Å²) < 4.78 is 23.3. The van der Waals surface area contributed by atoms with Crippen molar-refractivity contribution in [1.29, 1.82) is 0 Å². The number of amides is 1. The summed E-state index contributed by atoms with van der Waals surface area (Å²) in [4.78, 5) is 28.1. The van der Waals surface area contributed by atoms with Gasteiger partial charge in [-0.1, -0.05) is 30.3 Å². The average Bonchev–Trinajstić information content (AvgIpc) is 3.08. The van der Waals surface area contributed by atoms with E-state index in [4.69, 9.17) is 9.15 Å². The molecule has 0 unspecified atom stereocenters. The Labute approximate surface area is 155 Å². The molecule has 27 heavy (non-hydrogen) atoms. The number of benzene rings is 2. The van der Waals surface area contributed by atoms with Gasteiger partial charge >= 0.3 is 5.97 Å². The average molecular weight is 368 g/mol. The number of carbonyl (C=O) groups is 2. The number of aryl methyl sites for hydroxylation is 1. The van der Waals surface area contributed by atoms with Gasteiger partial charge in [0.1, 0.15) is 11.6 Å². The van der Waals surface area contributed by atoms with Crippen molar-refractivity contribution in [3.05, 3.63) is 77.4 Å². The summed E-state index contributed by atoms with van der Waals surface area (Å²) in [5.41, 5.74) is 1.49. The second-order valence-electron chi connectivity index (χ2n) is 5.77. The third-order valence-electron chi connectivity index (χ3n) is 3.75. The molecule has 6 nitrogen and oxygen atoms in total. The molecule has 3 aromatic rings. The summed E-state index contributed by atoms with van der Waals surface area (Å²) in [6.07, 6.45) is 0. The van der Waals surface area contributed by atoms with Crippen LogP contribution in [0.4, 0.5) is 4.39 Å². The molecule has 0 aliphatic rings. The fourth-order valence-electron chi connectivity index (χ4n) is 2.34. The van der Waals surface area contributed by atoms with E-state index in [2.05, 4.69) is 10.3 Å². The minimum absolute atomic E-state index is 0.0280. The second kappa shape index (κ2) is 8.27. The molecule has 2 aromatic carbocycles. The maximum Gasteiger partial charge on any atom is 0.361 e. The lowest BCUT2D eigenvalue weighted by Gasteiger charge is -2.06. The number of halogens is 1. The smallest absolute Gasteiger partial charge is 0.361 e. The van der Waals surface area contributed by atoms with Crippen LogP contribution >= 0.6 is 0 Å². The second-order valence-corrected chi connectivity index (χ2v) is 5.77. The van der Waals surface area contributed by atoms with Gasteiger partial charge in [-0.25, -0.2) is 14.2 Å². The van der Waals surface area contributed by atoms with Gasteiger partial charge in [0.15, 0.2) is 12.3 Å². The van der Waals surface area contributed by atoms with Gasteiger partial charge in [0.25, 0.3) is 5.91 Å². The first-order valence-corrected chi connectivity index (χ1v) is 8.24. The molecule has 138 valence electrons. The summed E-state index contributed by atoms with van der Waals surface area (Å²) in [6.45, 7) is 1.36. The number of ether oxygens (including phenoxy) is 1. The van der Waals surface area contributed by atoms with Crippen molar-refractivity contribution in [3.8, 4) is 11.5 Å². The van der Waals surface area contributed by atoms with Gasteiger partial charge in [0, 0.05) is 12.1 Å². The molecule has 7 heteroatoms. The largest absolute Gasteiger partial charge is 0.451 e. The Kier molecular flexibility index (Phi) is 5.61. The van der Waals surface area contributed by atoms with E-state index >= 15 is 0 Å². The lowest BCUT2D eigenvalue weighted by molar-refractivity contribution is -0.124. The Morgan fingerprint density at radius 2 is 1.81 bits per heavy atom. The van der Waals surface area contributed by atoms with Crippen LogP contribution in [-0.4, -0.2) is 23.5 Å². The molecule has 0 radical (unpaired) electrons. The highest BCUT2D eigenvalue weighted by Gasteiger charge is 2.20. The molecule has 1 aromatic heterocycles. The molecule has 0 saturated heterocycles. The van der Waals surface area contributed by atoms with Crippen LogP contribution in [0.3, 0.4) is 0 Å². The zero-order chi connectivity index (χ0) is 19.2. The topological polar surface area (TPSA) is 81.4 Å². The van der Waals surface area contributed by atoms with E-state index in [0.29, 0.717) is 11.7 Å². The van der Waals surface area contributed by atoms with Crippen LogP contribution in [0.2, 0.25) is 0 Å². The van der Waals surface area contributed by atoms with Crippen molar-refractivity contribution < 1.29 is 23.1 Å². The maximum atomic E-state index is 12.8. The van der Waals surface area contributed by atoms with Gasteiger partial charge in [-0.3, -0.25) is 4.79 Å². The Balaban J connectivity index is 1.54. The molecule has 1 N–H and O–H groups in total. The monoisotopic (exact) mass is 368 g/mol. The Hall–Kier alpha value is -3.48. The third kappa shape index (κ3) is 4.78. The lowest BCUT2D eigenvalue weighted by Crippen LogP contribution is -2.28. The van der Waals surface area contributed by atoms with E-state index in [9.17, 15) is 14.0 Å². The van der Waals surface area contributed by atoms with Crippen molar-refractivity contribution in [2.75, 3.05) is 6.61 Å². The van der Waals surface area contributed by atoms with Crippen molar-refractivity contribution in [2.24, 2.45) is 0 Å². The summed E-state index contributed by atoms with van der Waals surface area (Å²) in [6, 6.07) is 14.9. The molecule has 0 aliphatic heterocycles. The van der Waals surface area contributed by atoms with Crippen LogP contribution in [0.15, 0.2) is 59.0 Å². The summed E-state index contributed by atoms with van der Waals surface area (Å²) in [7, 11) is 0. The number of aromatic nitrogens is 1. The van der Waals surface area contributed by atoms with Crippen molar-refractivity contribution in [2.45, 2.75) is 13.5 Å². The Morgan fingerprint density at radius 1 is 1.11 bits per heavy atom. The molecular weight excluding hydrogens is 351 g/mol. The zero-order valence-electron chi connectivity index (χ0n) is 14.6. The first-order valence-electron chi connectivity index (χ1n) is 8.24. The zero-order valence-corrected chi connectivity index (χ0v) is 14.6. The minimum atomic E-state index is -0.740. The van der Waals surface area contributed by atoms with E-state index in [0.717, 1.165) is 11.1 Å². The number of esters is 1. The molecule has 0 bridgehead atoms. The van der Waals surface area contributed by atoms with Crippen LogP contribution in [0.1, 0.15) is 21.8 Å². The number of nitrogens with one attached hydrogen (secondary N) is 1. The van der Waals surface area contributed by atoms with Crippen LogP contribution in [0.5, 0.6) is 0 Å². The number of carbonyl (C=O) groups excluding carboxylic acids is 2. The molecule has 1 amide bonds. The molecule has 1 heterocycles. The standard InChI is InChI=1S/C20H17FN2O4/c1-13-18(23-19(27-13)15-5-3-2-4-6-15)20(25)26-12-17(24)22-11-14-7-9-16(21)10-8-14/h2-10H,11-12H2,1H3,(H,22,24).